The molecule has 0 saturated carbocycles. The summed E-state index contributed by atoms with van der Waals surface area (Å²) in [6.45, 7) is 0.0734. The van der Waals surface area contributed by atoms with Gasteiger partial charge >= 0.3 is 5.97 Å². The molecule has 1 amide bonds. The fourth-order valence-electron chi connectivity index (χ4n) is 2.88. The third kappa shape index (κ3) is 5.59. The molecule has 5 nitrogen and oxygen atoms in total. The maximum absolute atomic E-state index is 11.8. The smallest absolute Gasteiger partial charge is 0.306 e. The number of hydrogen-bond donors (Lipinski definition) is 2. The molecule has 3 aromatic rings. The van der Waals surface area contributed by atoms with Crippen molar-refractivity contribution in [1.29, 1.82) is 0 Å². The van der Waals surface area contributed by atoms with Crippen LogP contribution in [0.5, 0.6) is 0 Å². The molecule has 1 aromatic heterocycles. The number of fused-ring (bicyclic) bond motifs is 1. The van der Waals surface area contributed by atoms with Gasteiger partial charge in [-0.25, -0.2) is 0 Å². The highest BCUT2D eigenvalue weighted by molar-refractivity contribution is 6.30. The van der Waals surface area contributed by atoms with Crippen LogP contribution >= 0.6 is 11.6 Å². The van der Waals surface area contributed by atoms with Crippen LogP contribution in [0, 0.1) is 0 Å². The van der Waals surface area contributed by atoms with E-state index in [2.05, 4.69) is 16.4 Å². The number of esters is 1. The standard InChI is InChI=1S/C21H21ClN2O3/c22-17-7-3-5-15(11-17)12-24-20(25)14-27-21(26)10-4-6-16-13-23-19-9-2-1-8-18(16)19/h1-3,5,7-9,11,13,23H,4,6,10,12,14H2,(H,24,25). The first-order valence-corrected chi connectivity index (χ1v) is 9.21. The summed E-state index contributed by atoms with van der Waals surface area (Å²) < 4.78 is 5.04. The number of benzene rings is 2. The van der Waals surface area contributed by atoms with E-state index in [0.717, 1.165) is 17.5 Å². The van der Waals surface area contributed by atoms with Gasteiger partial charge in [-0.3, -0.25) is 9.59 Å². The van der Waals surface area contributed by atoms with Crippen LogP contribution in [0.25, 0.3) is 10.9 Å². The van der Waals surface area contributed by atoms with E-state index in [1.165, 1.54) is 10.9 Å². The van der Waals surface area contributed by atoms with Crippen molar-refractivity contribution in [3.05, 3.63) is 70.9 Å². The average molecular weight is 385 g/mol. The highest BCUT2D eigenvalue weighted by Gasteiger charge is 2.09. The van der Waals surface area contributed by atoms with E-state index in [0.29, 0.717) is 18.0 Å². The second-order valence-electron chi connectivity index (χ2n) is 6.28. The summed E-state index contributed by atoms with van der Waals surface area (Å²) in [5.41, 5.74) is 3.16. The number of carbonyl (C=O) groups excluding carboxylic acids is 2. The molecule has 2 N–H and O–H groups in total. The highest BCUT2D eigenvalue weighted by atomic mass is 35.5. The zero-order valence-corrected chi connectivity index (χ0v) is 15.6. The van der Waals surface area contributed by atoms with Gasteiger partial charge in [0.1, 0.15) is 0 Å². The fraction of sp³-hybridized carbons (Fsp3) is 0.238. The number of ether oxygens (including phenoxy) is 1. The lowest BCUT2D eigenvalue weighted by Crippen LogP contribution is -2.28. The van der Waals surface area contributed by atoms with Crippen molar-refractivity contribution in [3.8, 4) is 0 Å². The van der Waals surface area contributed by atoms with E-state index in [1.54, 1.807) is 12.1 Å². The number of amides is 1. The molecular formula is C21H21ClN2O3. The molecule has 0 fully saturated rings. The number of H-pyrrole nitrogens is 1. The van der Waals surface area contributed by atoms with Crippen molar-refractivity contribution in [2.24, 2.45) is 0 Å². The largest absolute Gasteiger partial charge is 0.456 e. The summed E-state index contributed by atoms with van der Waals surface area (Å²) in [6, 6.07) is 15.3. The molecule has 0 radical (unpaired) electrons. The minimum atomic E-state index is -0.368. The number of aromatic amines is 1. The normalized spacial score (nSPS) is 10.7. The molecule has 0 aliphatic rings. The molecule has 0 aliphatic heterocycles. The van der Waals surface area contributed by atoms with E-state index in [1.807, 2.05) is 36.5 Å². The van der Waals surface area contributed by atoms with Gasteiger partial charge in [-0.05, 0) is 42.2 Å². The van der Waals surface area contributed by atoms with Crippen molar-refractivity contribution >= 4 is 34.4 Å². The lowest BCUT2D eigenvalue weighted by atomic mass is 10.1. The highest BCUT2D eigenvalue weighted by Crippen LogP contribution is 2.19. The van der Waals surface area contributed by atoms with Crippen molar-refractivity contribution in [3.63, 3.8) is 0 Å². The number of aryl methyl sites for hydroxylation is 1. The molecule has 140 valence electrons. The van der Waals surface area contributed by atoms with E-state index < -0.39 is 0 Å². The van der Waals surface area contributed by atoms with Gasteiger partial charge in [0.05, 0.1) is 0 Å². The summed E-state index contributed by atoms with van der Waals surface area (Å²) in [5, 5.41) is 4.49. The Kier molecular flexibility index (Phi) is 6.49. The van der Waals surface area contributed by atoms with E-state index >= 15 is 0 Å². The van der Waals surface area contributed by atoms with Crippen LogP contribution in [0.15, 0.2) is 54.7 Å². The summed E-state index contributed by atoms with van der Waals surface area (Å²) in [6.07, 6.45) is 3.70. The molecule has 27 heavy (non-hydrogen) atoms. The number of halogens is 1. The van der Waals surface area contributed by atoms with E-state index in [-0.39, 0.29) is 24.9 Å². The maximum atomic E-state index is 11.8. The predicted molar refractivity (Wildman–Crippen MR) is 105 cm³/mol. The Labute approximate surface area is 162 Å². The van der Waals surface area contributed by atoms with Gasteiger partial charge in [-0.15, -0.1) is 0 Å². The SMILES string of the molecule is O=C(COC(=O)CCCc1c[nH]c2ccccc12)NCc1cccc(Cl)c1. The third-order valence-electron chi connectivity index (χ3n) is 4.24. The van der Waals surface area contributed by atoms with Crippen LogP contribution in [0.2, 0.25) is 5.02 Å². The zero-order chi connectivity index (χ0) is 19.1. The number of carbonyl (C=O) groups is 2. The lowest BCUT2D eigenvalue weighted by molar-refractivity contribution is -0.148. The van der Waals surface area contributed by atoms with Crippen LogP contribution < -0.4 is 5.32 Å². The van der Waals surface area contributed by atoms with Gasteiger partial charge in [0.25, 0.3) is 5.91 Å². The Morgan fingerprint density at radius 3 is 2.81 bits per heavy atom. The molecule has 0 saturated heterocycles. The van der Waals surface area contributed by atoms with Crippen LogP contribution in [0.1, 0.15) is 24.0 Å². The van der Waals surface area contributed by atoms with E-state index in [4.69, 9.17) is 16.3 Å². The molecule has 0 aliphatic carbocycles. The van der Waals surface area contributed by atoms with Crippen LogP contribution in [0.4, 0.5) is 0 Å². The van der Waals surface area contributed by atoms with Gasteiger partial charge in [0.15, 0.2) is 6.61 Å². The zero-order valence-electron chi connectivity index (χ0n) is 14.8. The first-order valence-electron chi connectivity index (χ1n) is 8.83. The number of para-hydroxylation sites is 1. The molecule has 0 bridgehead atoms. The Morgan fingerprint density at radius 2 is 1.96 bits per heavy atom. The minimum Gasteiger partial charge on any atom is -0.456 e. The number of hydrogen-bond acceptors (Lipinski definition) is 3. The summed E-state index contributed by atoms with van der Waals surface area (Å²) in [5.74, 6) is -0.701. The second kappa shape index (κ2) is 9.24. The van der Waals surface area contributed by atoms with Gasteiger partial charge in [0.2, 0.25) is 0 Å². The summed E-state index contributed by atoms with van der Waals surface area (Å²) in [4.78, 5) is 26.8. The topological polar surface area (TPSA) is 71.2 Å². The molecule has 2 aromatic carbocycles. The first kappa shape index (κ1) is 19.0. The second-order valence-corrected chi connectivity index (χ2v) is 6.72. The van der Waals surface area contributed by atoms with Crippen molar-refractivity contribution in [1.82, 2.24) is 10.3 Å². The quantitative estimate of drug-likeness (QED) is 0.576. The molecule has 0 atom stereocenters. The predicted octanol–water partition coefficient (Wildman–Crippen LogP) is 4.00. The Morgan fingerprint density at radius 1 is 1.11 bits per heavy atom. The molecule has 3 rings (SSSR count). The Bertz CT molecular complexity index is 936. The molecule has 0 unspecified atom stereocenters. The monoisotopic (exact) mass is 384 g/mol. The van der Waals surface area contributed by atoms with Crippen LogP contribution in [0.3, 0.4) is 0 Å². The Hall–Kier alpha value is -2.79. The van der Waals surface area contributed by atoms with Crippen molar-refractivity contribution in [2.75, 3.05) is 6.61 Å². The van der Waals surface area contributed by atoms with Gasteiger partial charge < -0.3 is 15.0 Å². The maximum Gasteiger partial charge on any atom is 0.306 e. The minimum absolute atomic E-state index is 0.271. The van der Waals surface area contributed by atoms with Crippen LogP contribution in [-0.4, -0.2) is 23.5 Å². The molecule has 1 heterocycles. The van der Waals surface area contributed by atoms with Gasteiger partial charge in [-0.2, -0.15) is 0 Å². The molecular weight excluding hydrogens is 364 g/mol. The number of rotatable bonds is 8. The Balaban J connectivity index is 1.35. The number of nitrogens with one attached hydrogen (secondary N) is 2. The first-order chi connectivity index (χ1) is 13.1. The molecule has 0 spiro atoms. The summed E-state index contributed by atoms with van der Waals surface area (Å²) in [7, 11) is 0. The van der Waals surface area contributed by atoms with E-state index in [9.17, 15) is 9.59 Å². The molecule has 6 heteroatoms. The van der Waals surface area contributed by atoms with Crippen LogP contribution in [-0.2, 0) is 27.3 Å². The number of aromatic nitrogens is 1. The van der Waals surface area contributed by atoms with Crippen molar-refractivity contribution < 1.29 is 14.3 Å². The average Bonchev–Trinajstić information content (AvgIpc) is 3.08. The van der Waals surface area contributed by atoms with Gasteiger partial charge in [0, 0.05) is 35.1 Å². The lowest BCUT2D eigenvalue weighted by Gasteiger charge is -2.07. The van der Waals surface area contributed by atoms with Crippen molar-refractivity contribution in [2.45, 2.75) is 25.8 Å². The fourth-order valence-corrected chi connectivity index (χ4v) is 3.09. The summed E-state index contributed by atoms with van der Waals surface area (Å²) >= 11 is 5.90. The third-order valence-corrected chi connectivity index (χ3v) is 4.48. The van der Waals surface area contributed by atoms with Gasteiger partial charge in [-0.1, -0.05) is 41.9 Å².